The van der Waals surface area contributed by atoms with Gasteiger partial charge in [-0.05, 0) is 35.7 Å². The Kier molecular flexibility index (Phi) is 3.52. The van der Waals surface area contributed by atoms with Gasteiger partial charge in [0.2, 0.25) is 0 Å². The molecule has 0 aliphatic heterocycles. The third-order valence-electron chi connectivity index (χ3n) is 2.33. The van der Waals surface area contributed by atoms with Crippen molar-refractivity contribution in [3.63, 3.8) is 0 Å². The van der Waals surface area contributed by atoms with E-state index in [1.165, 1.54) is 0 Å². The molecule has 0 N–H and O–H groups in total. The molecule has 0 aliphatic carbocycles. The number of benzene rings is 2. The molecule has 0 unspecified atom stereocenters. The van der Waals surface area contributed by atoms with Gasteiger partial charge in [-0.15, -0.1) is 5.75 Å². The van der Waals surface area contributed by atoms with E-state index in [1.54, 1.807) is 12.1 Å². The van der Waals surface area contributed by atoms with E-state index in [-0.39, 0.29) is 5.75 Å². The maximum absolute atomic E-state index is 11.0. The molecule has 16 heavy (non-hydrogen) atoms. The lowest BCUT2D eigenvalue weighted by molar-refractivity contribution is -0.268. The monoisotopic (exact) mass is 295 g/mol. The molecule has 0 fully saturated rings. The number of halogens is 2. The maximum Gasteiger partial charge on any atom is 0.0442 e. The van der Waals surface area contributed by atoms with Crippen molar-refractivity contribution in [2.24, 2.45) is 0 Å². The number of hydrogen-bond acceptors (Lipinski definition) is 1. The standard InChI is InChI=1S/C13H10BrClO/c14-11-3-6-13(15)10(8-11)7-9-1-4-12(16)5-2-9/h1-6,8,16H,7H2/p-1. The third kappa shape index (κ3) is 2.77. The lowest BCUT2D eigenvalue weighted by Crippen LogP contribution is -1.92. The van der Waals surface area contributed by atoms with Crippen molar-refractivity contribution < 1.29 is 5.11 Å². The molecule has 2 aromatic rings. The van der Waals surface area contributed by atoms with Crippen LogP contribution < -0.4 is 5.11 Å². The first-order chi connectivity index (χ1) is 7.65. The van der Waals surface area contributed by atoms with Gasteiger partial charge in [0, 0.05) is 9.50 Å². The molecule has 0 saturated heterocycles. The normalized spacial score (nSPS) is 10.4. The van der Waals surface area contributed by atoms with Gasteiger partial charge in [-0.2, -0.15) is 0 Å². The Morgan fingerprint density at radius 2 is 1.75 bits per heavy atom. The molecule has 0 bridgehead atoms. The van der Waals surface area contributed by atoms with E-state index in [9.17, 15) is 5.11 Å². The van der Waals surface area contributed by atoms with Gasteiger partial charge in [0.15, 0.2) is 0 Å². The molecule has 0 radical (unpaired) electrons. The zero-order chi connectivity index (χ0) is 11.5. The van der Waals surface area contributed by atoms with Gasteiger partial charge < -0.3 is 5.11 Å². The van der Waals surface area contributed by atoms with Crippen molar-refractivity contribution in [1.29, 1.82) is 0 Å². The van der Waals surface area contributed by atoms with Gasteiger partial charge >= 0.3 is 0 Å². The predicted molar refractivity (Wildman–Crippen MR) is 67.8 cm³/mol. The summed E-state index contributed by atoms with van der Waals surface area (Å²) in [4.78, 5) is 0. The molecule has 0 saturated carbocycles. The molecule has 0 amide bonds. The van der Waals surface area contributed by atoms with E-state index >= 15 is 0 Å². The minimum absolute atomic E-state index is 0.0316. The second-order valence-electron chi connectivity index (χ2n) is 3.56. The fourth-order valence-corrected chi connectivity index (χ4v) is 2.10. The van der Waals surface area contributed by atoms with Crippen LogP contribution in [0, 0.1) is 0 Å². The predicted octanol–water partition coefficient (Wildman–Crippen LogP) is 3.77. The van der Waals surface area contributed by atoms with Crippen molar-refractivity contribution >= 4 is 27.5 Å². The zero-order valence-electron chi connectivity index (χ0n) is 8.41. The Balaban J connectivity index is 2.26. The summed E-state index contributed by atoms with van der Waals surface area (Å²) in [6, 6.07) is 12.6. The SMILES string of the molecule is [O-]c1ccc(Cc2cc(Br)ccc2Cl)cc1. The Morgan fingerprint density at radius 1 is 1.06 bits per heavy atom. The Bertz CT molecular complexity index is 494. The highest BCUT2D eigenvalue weighted by molar-refractivity contribution is 9.10. The lowest BCUT2D eigenvalue weighted by Gasteiger charge is -2.08. The second kappa shape index (κ2) is 4.89. The molecule has 0 aliphatic rings. The van der Waals surface area contributed by atoms with E-state index in [2.05, 4.69) is 15.9 Å². The number of hydrogen-bond donors (Lipinski definition) is 0. The first-order valence-corrected chi connectivity index (χ1v) is 6.02. The Hall–Kier alpha value is -0.990. The highest BCUT2D eigenvalue weighted by atomic mass is 79.9. The van der Waals surface area contributed by atoms with Gasteiger partial charge in [-0.1, -0.05) is 51.8 Å². The minimum Gasteiger partial charge on any atom is -0.872 e. The fraction of sp³-hybridized carbons (Fsp3) is 0.0769. The molecule has 2 rings (SSSR count). The Labute approximate surface area is 108 Å². The van der Waals surface area contributed by atoms with Crippen molar-refractivity contribution in [2.75, 3.05) is 0 Å². The molecule has 1 nitrogen and oxygen atoms in total. The summed E-state index contributed by atoms with van der Waals surface area (Å²) in [5, 5.41) is 11.7. The average Bonchev–Trinajstić information content (AvgIpc) is 2.27. The molecular weight excluding hydrogens is 287 g/mol. The first kappa shape index (κ1) is 11.5. The summed E-state index contributed by atoms with van der Waals surface area (Å²) in [5.41, 5.74) is 2.13. The van der Waals surface area contributed by atoms with Crippen LogP contribution in [0.1, 0.15) is 11.1 Å². The van der Waals surface area contributed by atoms with E-state index in [1.807, 2.05) is 30.3 Å². The molecule has 0 heterocycles. The molecule has 0 atom stereocenters. The van der Waals surface area contributed by atoms with Crippen LogP contribution >= 0.6 is 27.5 Å². The third-order valence-corrected chi connectivity index (χ3v) is 3.19. The van der Waals surface area contributed by atoms with Gasteiger partial charge in [0.1, 0.15) is 0 Å². The summed E-state index contributed by atoms with van der Waals surface area (Å²) >= 11 is 9.51. The lowest BCUT2D eigenvalue weighted by atomic mass is 10.1. The van der Waals surface area contributed by atoms with Gasteiger partial charge in [-0.25, -0.2) is 0 Å². The molecule has 82 valence electrons. The molecular formula is C13H9BrClO-. The zero-order valence-corrected chi connectivity index (χ0v) is 10.8. The number of rotatable bonds is 2. The van der Waals surface area contributed by atoms with Crippen molar-refractivity contribution in [3.8, 4) is 5.75 Å². The van der Waals surface area contributed by atoms with Gasteiger partial charge in [0.05, 0.1) is 0 Å². The van der Waals surface area contributed by atoms with Crippen molar-refractivity contribution in [2.45, 2.75) is 6.42 Å². The molecule has 0 spiro atoms. The van der Waals surface area contributed by atoms with E-state index in [4.69, 9.17) is 11.6 Å². The van der Waals surface area contributed by atoms with Crippen LogP contribution in [-0.4, -0.2) is 0 Å². The first-order valence-electron chi connectivity index (χ1n) is 4.85. The molecule has 0 aromatic heterocycles. The summed E-state index contributed by atoms with van der Waals surface area (Å²) in [5.74, 6) is 0.0316. The topological polar surface area (TPSA) is 23.1 Å². The molecule has 2 aromatic carbocycles. The molecule has 3 heteroatoms. The summed E-state index contributed by atoms with van der Waals surface area (Å²) in [6.45, 7) is 0. The van der Waals surface area contributed by atoms with Crippen LogP contribution in [-0.2, 0) is 6.42 Å². The largest absolute Gasteiger partial charge is 0.872 e. The van der Waals surface area contributed by atoms with E-state index in [0.717, 1.165) is 27.0 Å². The maximum atomic E-state index is 11.0. The second-order valence-corrected chi connectivity index (χ2v) is 4.88. The van der Waals surface area contributed by atoms with Crippen LogP contribution in [0.15, 0.2) is 46.9 Å². The fourth-order valence-electron chi connectivity index (χ4n) is 1.51. The van der Waals surface area contributed by atoms with E-state index < -0.39 is 0 Å². The summed E-state index contributed by atoms with van der Waals surface area (Å²) in [6.07, 6.45) is 0.735. The van der Waals surface area contributed by atoms with Crippen LogP contribution in [0.2, 0.25) is 5.02 Å². The van der Waals surface area contributed by atoms with E-state index in [0.29, 0.717) is 0 Å². The van der Waals surface area contributed by atoms with Crippen LogP contribution in [0.4, 0.5) is 0 Å². The smallest absolute Gasteiger partial charge is 0.0442 e. The van der Waals surface area contributed by atoms with Crippen molar-refractivity contribution in [3.05, 3.63) is 63.1 Å². The van der Waals surface area contributed by atoms with Crippen LogP contribution in [0.25, 0.3) is 0 Å². The summed E-state index contributed by atoms with van der Waals surface area (Å²) in [7, 11) is 0. The van der Waals surface area contributed by atoms with Crippen LogP contribution in [0.3, 0.4) is 0 Å². The van der Waals surface area contributed by atoms with Gasteiger partial charge in [0.25, 0.3) is 0 Å². The Morgan fingerprint density at radius 3 is 2.44 bits per heavy atom. The van der Waals surface area contributed by atoms with Crippen LogP contribution in [0.5, 0.6) is 5.75 Å². The highest BCUT2D eigenvalue weighted by Crippen LogP contribution is 2.23. The quantitative estimate of drug-likeness (QED) is 0.827. The van der Waals surface area contributed by atoms with Crippen molar-refractivity contribution in [1.82, 2.24) is 0 Å². The summed E-state index contributed by atoms with van der Waals surface area (Å²) < 4.78 is 1.01. The highest BCUT2D eigenvalue weighted by Gasteiger charge is 2.02. The minimum atomic E-state index is 0.0316. The van der Waals surface area contributed by atoms with Gasteiger partial charge in [-0.3, -0.25) is 0 Å². The average molecular weight is 297 g/mol.